The van der Waals surface area contributed by atoms with Gasteiger partial charge in [0.25, 0.3) is 0 Å². The zero-order valence-corrected chi connectivity index (χ0v) is 16.1. The first kappa shape index (κ1) is 18.9. The third-order valence-electron chi connectivity index (χ3n) is 5.21. The van der Waals surface area contributed by atoms with Crippen molar-refractivity contribution in [3.8, 4) is 0 Å². The Hall–Kier alpha value is -3.47. The number of aromatic nitrogens is 1. The summed E-state index contributed by atoms with van der Waals surface area (Å²) in [5.74, 6) is -0.299. The molecule has 0 spiro atoms. The highest BCUT2D eigenvalue weighted by Gasteiger charge is 2.27. The number of para-hydroxylation sites is 2. The standard InChI is InChI=1S/C24H23N3O2/c28-22(14-13-19-8-4-7-18-9-5-15-25-23(18)19)27-16-6-10-20(17-27)24(29)26-21-11-2-1-3-12-21/h1-5,7-9,11-15,20H,6,10,16-17H2,(H,26,29)/b14-13+. The summed E-state index contributed by atoms with van der Waals surface area (Å²) in [6, 6.07) is 19.2. The second kappa shape index (κ2) is 8.69. The highest BCUT2D eigenvalue weighted by Crippen LogP contribution is 2.20. The average molecular weight is 385 g/mol. The van der Waals surface area contributed by atoms with Crippen LogP contribution in [0.5, 0.6) is 0 Å². The Kier molecular flexibility index (Phi) is 5.66. The first-order valence-electron chi connectivity index (χ1n) is 9.87. The first-order chi connectivity index (χ1) is 14.2. The van der Waals surface area contributed by atoms with Gasteiger partial charge in [0.1, 0.15) is 0 Å². The number of anilines is 1. The number of carbonyl (C=O) groups excluding carboxylic acids is 2. The molecule has 1 atom stereocenters. The molecule has 1 N–H and O–H groups in total. The van der Waals surface area contributed by atoms with Gasteiger partial charge in [-0.05, 0) is 37.1 Å². The Balaban J connectivity index is 1.42. The van der Waals surface area contributed by atoms with E-state index in [4.69, 9.17) is 0 Å². The number of carbonyl (C=O) groups is 2. The van der Waals surface area contributed by atoms with Gasteiger partial charge in [-0.1, -0.05) is 42.5 Å². The van der Waals surface area contributed by atoms with Crippen molar-refractivity contribution < 1.29 is 9.59 Å². The van der Waals surface area contributed by atoms with Crippen molar-refractivity contribution in [2.75, 3.05) is 18.4 Å². The van der Waals surface area contributed by atoms with Crippen LogP contribution in [0.1, 0.15) is 18.4 Å². The van der Waals surface area contributed by atoms with E-state index in [1.807, 2.05) is 66.7 Å². The van der Waals surface area contributed by atoms with Gasteiger partial charge in [0.05, 0.1) is 11.4 Å². The van der Waals surface area contributed by atoms with Crippen LogP contribution in [0.3, 0.4) is 0 Å². The smallest absolute Gasteiger partial charge is 0.246 e. The third kappa shape index (κ3) is 4.51. The third-order valence-corrected chi connectivity index (χ3v) is 5.21. The second-order valence-corrected chi connectivity index (χ2v) is 7.23. The largest absolute Gasteiger partial charge is 0.338 e. The molecule has 0 radical (unpaired) electrons. The molecule has 29 heavy (non-hydrogen) atoms. The summed E-state index contributed by atoms with van der Waals surface area (Å²) >= 11 is 0. The molecule has 3 aromatic rings. The number of rotatable bonds is 4. The number of piperidine rings is 1. The number of hydrogen-bond donors (Lipinski definition) is 1. The molecule has 0 aliphatic carbocycles. The van der Waals surface area contributed by atoms with E-state index in [0.29, 0.717) is 13.1 Å². The molecule has 4 rings (SSSR count). The zero-order chi connectivity index (χ0) is 20.1. The Bertz CT molecular complexity index is 1040. The van der Waals surface area contributed by atoms with Crippen LogP contribution in [0.15, 0.2) is 72.9 Å². The maximum atomic E-state index is 12.7. The van der Waals surface area contributed by atoms with Gasteiger partial charge < -0.3 is 10.2 Å². The molecule has 2 heterocycles. The van der Waals surface area contributed by atoms with Crippen LogP contribution in [0, 0.1) is 5.92 Å². The van der Waals surface area contributed by atoms with Crippen molar-refractivity contribution in [1.29, 1.82) is 0 Å². The highest BCUT2D eigenvalue weighted by atomic mass is 16.2. The number of nitrogens with one attached hydrogen (secondary N) is 1. The average Bonchev–Trinajstić information content (AvgIpc) is 2.78. The summed E-state index contributed by atoms with van der Waals surface area (Å²) in [5, 5.41) is 3.99. The lowest BCUT2D eigenvalue weighted by molar-refractivity contribution is -0.130. The van der Waals surface area contributed by atoms with Gasteiger partial charge in [0.15, 0.2) is 0 Å². The lowest BCUT2D eigenvalue weighted by atomic mass is 9.97. The SMILES string of the molecule is O=C(Nc1ccccc1)C1CCCN(C(=O)/C=C/c2cccc3cccnc23)C1. The number of likely N-dealkylation sites (tertiary alicyclic amines) is 1. The van der Waals surface area contributed by atoms with Gasteiger partial charge in [-0.25, -0.2) is 0 Å². The maximum absolute atomic E-state index is 12.7. The molecule has 1 saturated heterocycles. The lowest BCUT2D eigenvalue weighted by Crippen LogP contribution is -2.43. The summed E-state index contributed by atoms with van der Waals surface area (Å²) in [4.78, 5) is 31.5. The van der Waals surface area contributed by atoms with Crippen molar-refractivity contribution in [3.05, 3.63) is 78.5 Å². The molecule has 2 amide bonds. The lowest BCUT2D eigenvalue weighted by Gasteiger charge is -2.31. The predicted molar refractivity (Wildman–Crippen MR) is 115 cm³/mol. The van der Waals surface area contributed by atoms with E-state index >= 15 is 0 Å². The minimum atomic E-state index is -0.194. The fourth-order valence-electron chi connectivity index (χ4n) is 3.69. The number of pyridine rings is 1. The summed E-state index contributed by atoms with van der Waals surface area (Å²) in [7, 11) is 0. The van der Waals surface area contributed by atoms with Crippen molar-refractivity contribution in [3.63, 3.8) is 0 Å². The van der Waals surface area contributed by atoms with Gasteiger partial charge >= 0.3 is 0 Å². The number of fused-ring (bicyclic) bond motifs is 1. The van der Waals surface area contributed by atoms with Gasteiger partial charge in [-0.15, -0.1) is 0 Å². The van der Waals surface area contributed by atoms with Crippen LogP contribution in [0.4, 0.5) is 5.69 Å². The Morgan fingerprint density at radius 3 is 2.72 bits per heavy atom. The molecule has 1 aromatic heterocycles. The van der Waals surface area contributed by atoms with E-state index in [-0.39, 0.29) is 17.7 Å². The van der Waals surface area contributed by atoms with Crippen molar-refractivity contribution >= 4 is 34.5 Å². The van der Waals surface area contributed by atoms with Crippen LogP contribution in [-0.4, -0.2) is 34.8 Å². The summed E-state index contributed by atoms with van der Waals surface area (Å²) in [6.45, 7) is 1.11. The first-order valence-corrected chi connectivity index (χ1v) is 9.87. The number of nitrogens with zero attached hydrogens (tertiary/aromatic N) is 2. The Labute approximate surface area is 170 Å². The molecule has 1 aliphatic rings. The molecular formula is C24H23N3O2. The van der Waals surface area contributed by atoms with E-state index in [1.54, 1.807) is 17.2 Å². The monoisotopic (exact) mass is 385 g/mol. The Morgan fingerprint density at radius 1 is 1.03 bits per heavy atom. The molecule has 0 bridgehead atoms. The van der Waals surface area contributed by atoms with Gasteiger partial charge in [-0.2, -0.15) is 0 Å². The summed E-state index contributed by atoms with van der Waals surface area (Å²) < 4.78 is 0. The second-order valence-electron chi connectivity index (χ2n) is 7.23. The van der Waals surface area contributed by atoms with E-state index in [9.17, 15) is 9.59 Å². The molecule has 1 fully saturated rings. The maximum Gasteiger partial charge on any atom is 0.246 e. The highest BCUT2D eigenvalue weighted by molar-refractivity contribution is 5.96. The molecular weight excluding hydrogens is 362 g/mol. The van der Waals surface area contributed by atoms with E-state index in [1.165, 1.54) is 0 Å². The topological polar surface area (TPSA) is 62.3 Å². The van der Waals surface area contributed by atoms with Gasteiger partial charge in [-0.3, -0.25) is 14.6 Å². The fraction of sp³-hybridized carbons (Fsp3) is 0.208. The molecule has 2 aromatic carbocycles. The molecule has 0 saturated carbocycles. The van der Waals surface area contributed by atoms with E-state index in [0.717, 1.165) is 35.0 Å². The molecule has 1 unspecified atom stereocenters. The number of hydrogen-bond acceptors (Lipinski definition) is 3. The van der Waals surface area contributed by atoms with Crippen molar-refractivity contribution in [1.82, 2.24) is 9.88 Å². The summed E-state index contributed by atoms with van der Waals surface area (Å²) in [6.07, 6.45) is 6.76. The van der Waals surface area contributed by atoms with Gasteiger partial charge in [0, 0.05) is 42.0 Å². The molecule has 1 aliphatic heterocycles. The van der Waals surface area contributed by atoms with Crippen molar-refractivity contribution in [2.45, 2.75) is 12.8 Å². The fourth-order valence-corrected chi connectivity index (χ4v) is 3.69. The van der Waals surface area contributed by atoms with Gasteiger partial charge in [0.2, 0.25) is 11.8 Å². The van der Waals surface area contributed by atoms with Crippen LogP contribution in [-0.2, 0) is 9.59 Å². The van der Waals surface area contributed by atoms with Crippen LogP contribution in [0.2, 0.25) is 0 Å². The predicted octanol–water partition coefficient (Wildman–Crippen LogP) is 4.13. The molecule has 146 valence electrons. The quantitative estimate of drug-likeness (QED) is 0.687. The normalized spacial score (nSPS) is 16.8. The molecule has 5 nitrogen and oxygen atoms in total. The molecule has 5 heteroatoms. The zero-order valence-electron chi connectivity index (χ0n) is 16.1. The van der Waals surface area contributed by atoms with Crippen LogP contribution < -0.4 is 5.32 Å². The number of amides is 2. The van der Waals surface area contributed by atoms with Crippen LogP contribution in [0.25, 0.3) is 17.0 Å². The summed E-state index contributed by atoms with van der Waals surface area (Å²) in [5.41, 5.74) is 2.56. The van der Waals surface area contributed by atoms with Crippen LogP contribution >= 0.6 is 0 Å². The van der Waals surface area contributed by atoms with E-state index < -0.39 is 0 Å². The minimum Gasteiger partial charge on any atom is -0.338 e. The van der Waals surface area contributed by atoms with E-state index in [2.05, 4.69) is 10.3 Å². The van der Waals surface area contributed by atoms with Crippen molar-refractivity contribution in [2.24, 2.45) is 5.92 Å². The number of benzene rings is 2. The minimum absolute atomic E-state index is 0.0315. The Morgan fingerprint density at radius 2 is 1.86 bits per heavy atom.